The molecule has 24 heavy (non-hydrogen) atoms. The molecule has 12 heteroatoms. The molecule has 0 aromatic rings. The quantitative estimate of drug-likeness (QED) is 0.534. The van der Waals surface area contributed by atoms with Gasteiger partial charge in [0.25, 0.3) is 0 Å². The molecule has 0 unspecified atom stereocenters. The molecular formula is C12H19N3O6S3. The molecule has 0 saturated carbocycles. The van der Waals surface area contributed by atoms with Crippen molar-refractivity contribution < 1.29 is 26.4 Å². The van der Waals surface area contributed by atoms with Crippen molar-refractivity contribution in [1.82, 2.24) is 15.5 Å². The molecule has 1 amide bonds. The first-order valence-corrected chi connectivity index (χ1v) is 11.6. The maximum absolute atomic E-state index is 12.1. The predicted molar refractivity (Wildman–Crippen MR) is 90.2 cm³/mol. The largest absolute Gasteiger partial charge is 0.450 e. The standard InChI is InChI=1S/C12H19N3O6S3/c1-2-21-12(16)14-8-4-24(19,20)6-10(8)15-9-5-23(17,18)3-7(9)13-11(15)22/h7-10H,2-6H2,1H3,(H,13,22)(H,14,16)/t7-,8+,9-,10-/m0/s1. The molecule has 0 aromatic carbocycles. The number of ether oxygens (including phenoxy) is 1. The van der Waals surface area contributed by atoms with Crippen LogP contribution in [0.2, 0.25) is 0 Å². The van der Waals surface area contributed by atoms with E-state index in [1.807, 2.05) is 0 Å². The molecule has 3 aliphatic heterocycles. The van der Waals surface area contributed by atoms with Crippen LogP contribution in [0.3, 0.4) is 0 Å². The summed E-state index contributed by atoms with van der Waals surface area (Å²) in [5, 5.41) is 5.86. The van der Waals surface area contributed by atoms with Crippen molar-refractivity contribution >= 4 is 43.1 Å². The van der Waals surface area contributed by atoms with Gasteiger partial charge in [0.15, 0.2) is 24.8 Å². The zero-order valence-electron chi connectivity index (χ0n) is 13.0. The number of alkyl carbamates (subject to hydrolysis) is 1. The van der Waals surface area contributed by atoms with Gasteiger partial charge in [-0.2, -0.15) is 0 Å². The van der Waals surface area contributed by atoms with Crippen molar-refractivity contribution in [2.75, 3.05) is 29.6 Å². The lowest BCUT2D eigenvalue weighted by molar-refractivity contribution is 0.143. The Morgan fingerprint density at radius 2 is 1.83 bits per heavy atom. The lowest BCUT2D eigenvalue weighted by Crippen LogP contribution is -2.55. The van der Waals surface area contributed by atoms with Crippen LogP contribution in [-0.4, -0.2) is 86.7 Å². The average Bonchev–Trinajstić information content (AvgIpc) is 2.96. The first-order valence-electron chi connectivity index (χ1n) is 7.55. The predicted octanol–water partition coefficient (Wildman–Crippen LogP) is -1.75. The molecule has 0 spiro atoms. The SMILES string of the molecule is CCOC(=O)N[C@@H]1CS(=O)(=O)C[C@@H]1N1C(=S)N[C@H]2CS(=O)(=O)C[C@@H]21. The highest BCUT2D eigenvalue weighted by atomic mass is 32.2. The molecule has 0 aliphatic carbocycles. The third-order valence-electron chi connectivity index (χ3n) is 4.48. The Labute approximate surface area is 145 Å². The van der Waals surface area contributed by atoms with Crippen LogP contribution in [0.1, 0.15) is 6.92 Å². The number of fused-ring (bicyclic) bond motifs is 1. The minimum atomic E-state index is -3.37. The highest BCUT2D eigenvalue weighted by molar-refractivity contribution is 7.92. The number of rotatable bonds is 3. The summed E-state index contributed by atoms with van der Waals surface area (Å²) < 4.78 is 52.7. The maximum atomic E-state index is 12.1. The number of carbonyl (C=O) groups is 1. The van der Waals surface area contributed by atoms with Gasteiger partial charge < -0.3 is 20.3 Å². The number of amides is 1. The van der Waals surface area contributed by atoms with E-state index in [1.165, 1.54) is 0 Å². The molecule has 4 atom stereocenters. The van der Waals surface area contributed by atoms with Gasteiger partial charge in [-0.1, -0.05) is 0 Å². The number of nitrogens with one attached hydrogen (secondary N) is 2. The Morgan fingerprint density at radius 3 is 2.50 bits per heavy atom. The lowest BCUT2D eigenvalue weighted by Gasteiger charge is -2.33. The Hall–Kier alpha value is -1.14. The zero-order valence-corrected chi connectivity index (χ0v) is 15.4. The fourth-order valence-corrected chi connectivity index (χ4v) is 7.81. The van der Waals surface area contributed by atoms with Crippen LogP contribution in [0, 0.1) is 0 Å². The molecular weight excluding hydrogens is 378 g/mol. The van der Waals surface area contributed by atoms with E-state index in [2.05, 4.69) is 10.6 Å². The van der Waals surface area contributed by atoms with Gasteiger partial charge in [0.1, 0.15) is 0 Å². The van der Waals surface area contributed by atoms with E-state index in [4.69, 9.17) is 17.0 Å². The van der Waals surface area contributed by atoms with Gasteiger partial charge in [-0.25, -0.2) is 21.6 Å². The van der Waals surface area contributed by atoms with Crippen molar-refractivity contribution in [3.05, 3.63) is 0 Å². The Balaban J connectivity index is 1.85. The minimum Gasteiger partial charge on any atom is -0.450 e. The molecule has 0 bridgehead atoms. The van der Waals surface area contributed by atoms with E-state index in [1.54, 1.807) is 11.8 Å². The summed E-state index contributed by atoms with van der Waals surface area (Å²) in [5.74, 6) is -0.508. The number of nitrogens with zero attached hydrogens (tertiary/aromatic N) is 1. The second-order valence-electron chi connectivity index (χ2n) is 6.22. The summed E-state index contributed by atoms with van der Waals surface area (Å²) in [7, 11) is -6.57. The molecule has 2 N–H and O–H groups in total. The first-order chi connectivity index (χ1) is 11.1. The van der Waals surface area contributed by atoms with E-state index in [-0.39, 0.29) is 35.7 Å². The van der Waals surface area contributed by atoms with Crippen molar-refractivity contribution in [3.63, 3.8) is 0 Å². The topological polar surface area (TPSA) is 122 Å². The lowest BCUT2D eigenvalue weighted by atomic mass is 10.1. The molecule has 136 valence electrons. The summed E-state index contributed by atoms with van der Waals surface area (Å²) in [6.45, 7) is 1.82. The van der Waals surface area contributed by atoms with Gasteiger partial charge in [-0.15, -0.1) is 0 Å². The average molecular weight is 398 g/mol. The number of sulfone groups is 2. The number of carbonyl (C=O) groups excluding carboxylic acids is 1. The van der Waals surface area contributed by atoms with Crippen molar-refractivity contribution in [2.24, 2.45) is 0 Å². The van der Waals surface area contributed by atoms with Crippen LogP contribution in [0.5, 0.6) is 0 Å². The highest BCUT2D eigenvalue weighted by Gasteiger charge is 2.53. The molecule has 3 aliphatic rings. The van der Waals surface area contributed by atoms with Crippen LogP contribution >= 0.6 is 12.2 Å². The zero-order chi connectivity index (χ0) is 17.7. The van der Waals surface area contributed by atoms with Gasteiger partial charge in [-0.3, -0.25) is 0 Å². The third-order valence-corrected chi connectivity index (χ3v) is 8.24. The number of hydrogen-bond acceptors (Lipinski definition) is 7. The highest BCUT2D eigenvalue weighted by Crippen LogP contribution is 2.30. The van der Waals surface area contributed by atoms with E-state index in [0.29, 0.717) is 5.11 Å². The van der Waals surface area contributed by atoms with Crippen molar-refractivity contribution in [3.8, 4) is 0 Å². The fourth-order valence-electron chi connectivity index (χ4n) is 3.59. The van der Waals surface area contributed by atoms with Crippen molar-refractivity contribution in [1.29, 1.82) is 0 Å². The monoisotopic (exact) mass is 397 g/mol. The molecule has 0 radical (unpaired) electrons. The summed E-state index contributed by atoms with van der Waals surface area (Å²) >= 11 is 5.28. The second-order valence-corrected chi connectivity index (χ2v) is 10.9. The van der Waals surface area contributed by atoms with E-state index in [9.17, 15) is 21.6 Å². The van der Waals surface area contributed by atoms with E-state index in [0.717, 1.165) is 0 Å². The first kappa shape index (κ1) is 17.7. The van der Waals surface area contributed by atoms with Crippen LogP contribution in [0.25, 0.3) is 0 Å². The minimum absolute atomic E-state index is 0.0241. The summed E-state index contributed by atoms with van der Waals surface area (Å²) in [6, 6.07) is -2.06. The van der Waals surface area contributed by atoms with Crippen LogP contribution < -0.4 is 10.6 Å². The van der Waals surface area contributed by atoms with Gasteiger partial charge in [-0.05, 0) is 19.1 Å². The number of thiocarbonyl (C=S) groups is 1. The Bertz CT molecular complexity index is 765. The summed E-state index contributed by atoms with van der Waals surface area (Å²) in [6.07, 6.45) is -0.696. The molecule has 9 nitrogen and oxygen atoms in total. The van der Waals surface area contributed by atoms with Gasteiger partial charge in [0.2, 0.25) is 0 Å². The molecule has 3 heterocycles. The van der Waals surface area contributed by atoms with Gasteiger partial charge >= 0.3 is 6.09 Å². The van der Waals surface area contributed by atoms with Crippen molar-refractivity contribution in [2.45, 2.75) is 31.1 Å². The smallest absolute Gasteiger partial charge is 0.407 e. The van der Waals surface area contributed by atoms with Gasteiger partial charge in [0, 0.05) is 0 Å². The summed E-state index contributed by atoms with van der Waals surface area (Å²) in [4.78, 5) is 13.3. The Morgan fingerprint density at radius 1 is 1.21 bits per heavy atom. The van der Waals surface area contributed by atoms with Crippen LogP contribution in [-0.2, 0) is 24.4 Å². The maximum Gasteiger partial charge on any atom is 0.407 e. The van der Waals surface area contributed by atoms with E-state index < -0.39 is 43.9 Å². The van der Waals surface area contributed by atoms with Crippen LogP contribution in [0.4, 0.5) is 4.79 Å². The summed E-state index contributed by atoms with van der Waals surface area (Å²) in [5.41, 5.74) is 0. The van der Waals surface area contributed by atoms with Crippen LogP contribution in [0.15, 0.2) is 0 Å². The van der Waals surface area contributed by atoms with E-state index >= 15 is 0 Å². The third kappa shape index (κ3) is 3.31. The number of hydrogen-bond donors (Lipinski definition) is 2. The normalized spacial score (nSPS) is 36.2. The fraction of sp³-hybridized carbons (Fsp3) is 0.833. The molecule has 3 fully saturated rings. The second kappa shape index (κ2) is 5.99. The molecule has 0 aromatic heterocycles. The molecule has 3 rings (SSSR count). The van der Waals surface area contributed by atoms with Gasteiger partial charge in [0.05, 0.1) is 53.8 Å². The molecule has 3 saturated heterocycles. The Kier molecular flexibility index (Phi) is 4.41.